The number of hydrogen-bond acceptors (Lipinski definition) is 0. The molecular formula is C53H88. The Morgan fingerprint density at radius 2 is 0.434 bits per heavy atom. The van der Waals surface area contributed by atoms with Crippen LogP contribution in [0.3, 0.4) is 0 Å². The lowest BCUT2D eigenvalue weighted by atomic mass is 9.38. The van der Waals surface area contributed by atoms with Crippen LogP contribution in [0.5, 0.6) is 0 Å². The van der Waals surface area contributed by atoms with Crippen LogP contribution in [-0.2, 0) is 0 Å². The second-order valence-electron chi connectivity index (χ2n) is 23.3. The lowest BCUT2D eigenvalue weighted by Crippen LogP contribution is -2.60. The Hall–Kier alpha value is 0. The Morgan fingerprint density at radius 1 is 0.189 bits per heavy atom. The van der Waals surface area contributed by atoms with E-state index in [1.54, 1.807) is 205 Å². The van der Waals surface area contributed by atoms with Gasteiger partial charge in [0, 0.05) is 0 Å². The summed E-state index contributed by atoms with van der Waals surface area (Å²) < 4.78 is 0. The fourth-order valence-electron chi connectivity index (χ4n) is 20.3. The Kier molecular flexibility index (Phi) is 11.7. The van der Waals surface area contributed by atoms with Gasteiger partial charge in [-0.2, -0.15) is 0 Å². The first-order valence-electron chi connectivity index (χ1n) is 26.3. The molecule has 0 spiro atoms. The van der Waals surface area contributed by atoms with Crippen molar-refractivity contribution in [2.24, 2.45) is 112 Å². The van der Waals surface area contributed by atoms with Crippen molar-refractivity contribution < 1.29 is 0 Å². The molecule has 10 fully saturated rings. The number of fused-ring (bicyclic) bond motifs is 4. The van der Waals surface area contributed by atoms with Gasteiger partial charge in [-0.1, -0.05) is 135 Å². The molecule has 0 nitrogen and oxygen atoms in total. The van der Waals surface area contributed by atoms with Crippen LogP contribution in [0, 0.1) is 112 Å². The highest BCUT2D eigenvalue weighted by molar-refractivity contribution is 5.11. The van der Waals surface area contributed by atoms with Crippen LogP contribution in [-0.4, -0.2) is 0 Å². The second-order valence-corrected chi connectivity index (χ2v) is 23.3. The zero-order chi connectivity index (χ0) is 35.3. The zero-order valence-corrected chi connectivity index (χ0v) is 35.3. The Balaban J connectivity index is 1.01. The minimum Gasteiger partial charge on any atom is -0.0622 e. The van der Waals surface area contributed by atoms with Crippen LogP contribution in [0.15, 0.2) is 0 Å². The molecule has 10 saturated carbocycles. The van der Waals surface area contributed by atoms with E-state index < -0.39 is 0 Å². The molecule has 18 atom stereocenters. The lowest BCUT2D eigenvalue weighted by Gasteiger charge is -2.66. The van der Waals surface area contributed by atoms with E-state index in [2.05, 4.69) is 6.92 Å². The Morgan fingerprint density at radius 3 is 0.811 bits per heavy atom. The Labute approximate surface area is 330 Å². The van der Waals surface area contributed by atoms with Gasteiger partial charge in [-0.3, -0.25) is 0 Å². The van der Waals surface area contributed by atoms with E-state index in [-0.39, 0.29) is 0 Å². The van der Waals surface area contributed by atoms with Crippen LogP contribution < -0.4 is 0 Å². The third-order valence-electron chi connectivity index (χ3n) is 21.6. The van der Waals surface area contributed by atoms with Gasteiger partial charge in [0.05, 0.1) is 0 Å². The summed E-state index contributed by atoms with van der Waals surface area (Å²) in [6.07, 6.45) is 53.0. The van der Waals surface area contributed by atoms with Gasteiger partial charge in [-0.25, -0.2) is 0 Å². The first kappa shape index (κ1) is 37.3. The fraction of sp³-hybridized carbons (Fsp3) is 1.00. The molecule has 0 radical (unpaired) electrons. The van der Waals surface area contributed by atoms with E-state index in [0.717, 1.165) is 112 Å². The summed E-state index contributed by atoms with van der Waals surface area (Å²) in [5.41, 5.74) is 0. The summed E-state index contributed by atoms with van der Waals surface area (Å²) >= 11 is 0. The number of hydrogen-bond donors (Lipinski definition) is 0. The standard InChI is InChI=1S/C53H88/c1-35-19-5-6-22-37(35)39-24-8-10-26-41(39)51-44-29-13-17-33-48(44)53(49-34-18-14-30-45(49)51)52-46-31-15-11-27-42(46)50(43-28-12-16-32-47(43)52)40-25-9-7-23-38(40)36-20-3-2-4-21-36/h35-53H,2-34H2,1H3/t35-,37+,38?,39+,40+,41?,42?,43?,44-,45?,46+,47?,48?,49?,50?,51?,52?,53?/m1/s1. The summed E-state index contributed by atoms with van der Waals surface area (Å²) in [4.78, 5) is 0. The minimum absolute atomic E-state index is 1.01. The quantitative estimate of drug-likeness (QED) is 0.265. The van der Waals surface area contributed by atoms with Crippen LogP contribution >= 0.6 is 0 Å². The molecule has 53 heavy (non-hydrogen) atoms. The molecular weight excluding hydrogens is 637 g/mol. The monoisotopic (exact) mass is 725 g/mol. The highest BCUT2D eigenvalue weighted by Gasteiger charge is 2.62. The highest BCUT2D eigenvalue weighted by atomic mass is 14.7. The molecule has 0 aromatic rings. The van der Waals surface area contributed by atoms with Crippen molar-refractivity contribution in [3.63, 3.8) is 0 Å². The molecule has 10 aliphatic rings. The molecule has 0 aliphatic heterocycles. The van der Waals surface area contributed by atoms with E-state index in [4.69, 9.17) is 0 Å². The van der Waals surface area contributed by atoms with E-state index in [0.29, 0.717) is 0 Å². The average Bonchev–Trinajstić information content (AvgIpc) is 3.23. The molecule has 0 bridgehead atoms. The lowest BCUT2D eigenvalue weighted by molar-refractivity contribution is -0.182. The highest BCUT2D eigenvalue weighted by Crippen LogP contribution is 2.69. The first-order valence-corrected chi connectivity index (χ1v) is 26.3. The normalized spacial score (nSPS) is 52.7. The van der Waals surface area contributed by atoms with Crippen molar-refractivity contribution >= 4 is 0 Å². The van der Waals surface area contributed by atoms with E-state index in [1.165, 1.54) is 6.42 Å². The molecule has 0 aromatic carbocycles. The summed E-state index contributed by atoms with van der Waals surface area (Å²) in [5.74, 6) is 21.1. The minimum atomic E-state index is 1.01. The molecule has 0 heteroatoms. The van der Waals surface area contributed by atoms with Gasteiger partial charge in [0.2, 0.25) is 0 Å². The van der Waals surface area contributed by atoms with Crippen molar-refractivity contribution in [1.29, 1.82) is 0 Å². The van der Waals surface area contributed by atoms with E-state index in [1.807, 2.05) is 0 Å². The maximum Gasteiger partial charge on any atom is -0.0318 e. The third kappa shape index (κ3) is 6.93. The summed E-state index contributed by atoms with van der Waals surface area (Å²) in [7, 11) is 0. The van der Waals surface area contributed by atoms with Gasteiger partial charge in [0.1, 0.15) is 0 Å². The van der Waals surface area contributed by atoms with Crippen molar-refractivity contribution in [2.75, 3.05) is 0 Å². The van der Waals surface area contributed by atoms with Gasteiger partial charge in [-0.05, 0) is 196 Å². The van der Waals surface area contributed by atoms with Crippen molar-refractivity contribution in [2.45, 2.75) is 219 Å². The smallest absolute Gasteiger partial charge is 0.0318 e. The van der Waals surface area contributed by atoms with Crippen LogP contribution in [0.2, 0.25) is 0 Å². The third-order valence-corrected chi connectivity index (χ3v) is 21.6. The molecule has 10 rings (SSSR count). The van der Waals surface area contributed by atoms with Gasteiger partial charge in [0.15, 0.2) is 0 Å². The molecule has 0 heterocycles. The predicted molar refractivity (Wildman–Crippen MR) is 224 cm³/mol. The molecule has 300 valence electrons. The maximum atomic E-state index is 2.71. The molecule has 0 aromatic heterocycles. The van der Waals surface area contributed by atoms with E-state index in [9.17, 15) is 0 Å². The van der Waals surface area contributed by atoms with Crippen molar-refractivity contribution in [1.82, 2.24) is 0 Å². The fourth-order valence-corrected chi connectivity index (χ4v) is 20.3. The molecule has 0 N–H and O–H groups in total. The Bertz CT molecular complexity index is 1110. The van der Waals surface area contributed by atoms with Crippen LogP contribution in [0.1, 0.15) is 219 Å². The molecule has 0 saturated heterocycles. The van der Waals surface area contributed by atoms with Crippen molar-refractivity contribution in [3.8, 4) is 0 Å². The van der Waals surface area contributed by atoms with Crippen LogP contribution in [0.4, 0.5) is 0 Å². The van der Waals surface area contributed by atoms with Gasteiger partial charge in [-0.15, -0.1) is 0 Å². The van der Waals surface area contributed by atoms with Gasteiger partial charge in [0.25, 0.3) is 0 Å². The first-order chi connectivity index (χ1) is 26.3. The maximum absolute atomic E-state index is 2.71. The zero-order valence-electron chi connectivity index (χ0n) is 35.3. The van der Waals surface area contributed by atoms with Gasteiger partial charge >= 0.3 is 0 Å². The largest absolute Gasteiger partial charge is 0.0622 e. The van der Waals surface area contributed by atoms with Gasteiger partial charge < -0.3 is 0 Å². The average molecular weight is 725 g/mol. The predicted octanol–water partition coefficient (Wildman–Crippen LogP) is 15.7. The summed E-state index contributed by atoms with van der Waals surface area (Å²) in [6.45, 7) is 2.71. The van der Waals surface area contributed by atoms with Crippen molar-refractivity contribution in [3.05, 3.63) is 0 Å². The second kappa shape index (κ2) is 16.7. The molecule has 12 unspecified atom stereocenters. The topological polar surface area (TPSA) is 0 Å². The number of rotatable bonds is 5. The summed E-state index contributed by atoms with van der Waals surface area (Å²) in [6, 6.07) is 0. The summed E-state index contributed by atoms with van der Waals surface area (Å²) in [5, 5.41) is 0. The molecule has 0 amide bonds. The SMILES string of the molecule is C[C@@H]1CCCC[C@@H]1[C@@H]1CCCCC1C1C2CCCCC2C(C2C3CCCCC3C([C@H]3CCCCC3C3CCCCC3)C3CCCC[C@@H]32)C2CCCC[C@H]21. The van der Waals surface area contributed by atoms with Crippen LogP contribution in [0.25, 0.3) is 0 Å². The van der Waals surface area contributed by atoms with E-state index >= 15 is 0 Å². The molecule has 10 aliphatic carbocycles.